The summed E-state index contributed by atoms with van der Waals surface area (Å²) in [4.78, 5) is 18.4. The van der Waals surface area contributed by atoms with E-state index in [1.54, 1.807) is 0 Å². The van der Waals surface area contributed by atoms with Crippen molar-refractivity contribution in [3.05, 3.63) is 12.2 Å². The zero-order valence-electron chi connectivity index (χ0n) is 14.4. The number of hydrogen-bond acceptors (Lipinski definition) is 2. The van der Waals surface area contributed by atoms with Crippen molar-refractivity contribution < 1.29 is 4.79 Å². The van der Waals surface area contributed by atoms with Gasteiger partial charge in [-0.2, -0.15) is 0 Å². The molecule has 23 heavy (non-hydrogen) atoms. The van der Waals surface area contributed by atoms with Gasteiger partial charge in [0.05, 0.1) is 0 Å². The Bertz CT molecular complexity index is 425. The van der Waals surface area contributed by atoms with Crippen molar-refractivity contribution in [2.45, 2.75) is 52.0 Å². The summed E-state index contributed by atoms with van der Waals surface area (Å²) in [6, 6.07) is 0.319. The van der Waals surface area contributed by atoms with Crippen LogP contribution in [0.5, 0.6) is 0 Å². The first-order chi connectivity index (χ1) is 10.7. The fourth-order valence-corrected chi connectivity index (χ4v) is 3.08. The van der Waals surface area contributed by atoms with E-state index in [1.807, 2.05) is 11.8 Å². The standard InChI is InChI=1S/C17H30N4O.HI/c1-3-16(22)21-11-10-15(13-21)20-17(18-4-2)19-12-14-8-6-5-7-9-14;/h5-6,14-15H,3-4,7-13H2,1-2H3,(H2,18,19,20);1H. The number of carbonyl (C=O) groups is 1. The number of hydrogen-bond donors (Lipinski definition) is 2. The minimum atomic E-state index is 0. The summed E-state index contributed by atoms with van der Waals surface area (Å²) < 4.78 is 0. The molecule has 6 heteroatoms. The molecule has 2 aliphatic rings. The number of guanidine groups is 1. The maximum atomic E-state index is 11.7. The number of amides is 1. The first kappa shape index (κ1) is 20.3. The van der Waals surface area contributed by atoms with Crippen LogP contribution in [-0.2, 0) is 4.79 Å². The van der Waals surface area contributed by atoms with Crippen LogP contribution in [0.3, 0.4) is 0 Å². The molecule has 1 aliphatic heterocycles. The molecule has 5 nitrogen and oxygen atoms in total. The molecule has 0 aromatic carbocycles. The summed E-state index contributed by atoms with van der Waals surface area (Å²) in [6.45, 7) is 7.40. The van der Waals surface area contributed by atoms with E-state index in [4.69, 9.17) is 4.99 Å². The molecule has 0 aromatic rings. The molecule has 1 aliphatic carbocycles. The lowest BCUT2D eigenvalue weighted by molar-refractivity contribution is -0.129. The Kier molecular flexibility index (Phi) is 9.59. The zero-order valence-corrected chi connectivity index (χ0v) is 16.7. The van der Waals surface area contributed by atoms with Crippen LogP contribution in [0, 0.1) is 5.92 Å². The smallest absolute Gasteiger partial charge is 0.222 e. The second-order valence-electron chi connectivity index (χ2n) is 6.19. The van der Waals surface area contributed by atoms with Crippen molar-refractivity contribution in [2.24, 2.45) is 10.9 Å². The lowest BCUT2D eigenvalue weighted by atomic mass is 9.95. The van der Waals surface area contributed by atoms with Gasteiger partial charge in [0.15, 0.2) is 5.96 Å². The number of likely N-dealkylation sites (tertiary alicyclic amines) is 1. The maximum Gasteiger partial charge on any atom is 0.222 e. The van der Waals surface area contributed by atoms with Gasteiger partial charge in [0.2, 0.25) is 5.91 Å². The Morgan fingerprint density at radius 1 is 1.30 bits per heavy atom. The molecule has 1 heterocycles. The van der Waals surface area contributed by atoms with Gasteiger partial charge in [-0.05, 0) is 38.5 Å². The van der Waals surface area contributed by atoms with E-state index in [9.17, 15) is 4.79 Å². The van der Waals surface area contributed by atoms with Crippen molar-refractivity contribution in [3.8, 4) is 0 Å². The van der Waals surface area contributed by atoms with E-state index in [2.05, 4.69) is 29.7 Å². The molecule has 1 fully saturated rings. The molecule has 2 atom stereocenters. The molecule has 132 valence electrons. The Labute approximate surface area is 157 Å². The monoisotopic (exact) mass is 434 g/mol. The topological polar surface area (TPSA) is 56.7 Å². The Balaban J connectivity index is 0.00000264. The van der Waals surface area contributed by atoms with Gasteiger partial charge in [-0.3, -0.25) is 9.79 Å². The first-order valence-electron chi connectivity index (χ1n) is 8.70. The SMILES string of the molecule is CCNC(=NCC1CC=CCC1)NC1CCN(C(=O)CC)C1.I. The van der Waals surface area contributed by atoms with Crippen molar-refractivity contribution in [1.29, 1.82) is 0 Å². The minimum absolute atomic E-state index is 0. The van der Waals surface area contributed by atoms with Gasteiger partial charge >= 0.3 is 0 Å². The fraction of sp³-hybridized carbons (Fsp3) is 0.765. The molecule has 1 amide bonds. The van der Waals surface area contributed by atoms with Crippen molar-refractivity contribution in [3.63, 3.8) is 0 Å². The summed E-state index contributed by atoms with van der Waals surface area (Å²) >= 11 is 0. The lowest BCUT2D eigenvalue weighted by Gasteiger charge is -2.20. The van der Waals surface area contributed by atoms with Crippen LogP contribution in [0.15, 0.2) is 17.1 Å². The van der Waals surface area contributed by atoms with Gasteiger partial charge in [0, 0.05) is 38.6 Å². The Morgan fingerprint density at radius 3 is 2.78 bits per heavy atom. The minimum Gasteiger partial charge on any atom is -0.357 e. The average molecular weight is 434 g/mol. The summed E-state index contributed by atoms with van der Waals surface area (Å²) in [5, 5.41) is 6.82. The third-order valence-corrected chi connectivity index (χ3v) is 4.41. The summed E-state index contributed by atoms with van der Waals surface area (Å²) in [5.74, 6) is 1.82. The molecule has 0 radical (unpaired) electrons. The van der Waals surface area contributed by atoms with E-state index in [0.29, 0.717) is 18.4 Å². The number of halogens is 1. The van der Waals surface area contributed by atoms with Crippen molar-refractivity contribution in [1.82, 2.24) is 15.5 Å². The average Bonchev–Trinajstić information content (AvgIpc) is 3.01. The predicted molar refractivity (Wildman–Crippen MR) is 106 cm³/mol. The van der Waals surface area contributed by atoms with Crippen LogP contribution in [0.1, 0.15) is 46.0 Å². The highest BCUT2D eigenvalue weighted by atomic mass is 127. The van der Waals surface area contributed by atoms with Crippen LogP contribution < -0.4 is 10.6 Å². The van der Waals surface area contributed by atoms with E-state index >= 15 is 0 Å². The normalized spacial score (nSPS) is 24.3. The molecule has 2 N–H and O–H groups in total. The molecule has 0 bridgehead atoms. The summed E-state index contributed by atoms with van der Waals surface area (Å²) in [5.41, 5.74) is 0. The molecular formula is C17H31IN4O. The predicted octanol–water partition coefficient (Wildman–Crippen LogP) is 2.53. The van der Waals surface area contributed by atoms with Gasteiger partial charge < -0.3 is 15.5 Å². The molecule has 2 unspecified atom stereocenters. The number of nitrogens with one attached hydrogen (secondary N) is 2. The van der Waals surface area contributed by atoms with Gasteiger partial charge in [0.25, 0.3) is 0 Å². The van der Waals surface area contributed by atoms with E-state index < -0.39 is 0 Å². The third-order valence-electron chi connectivity index (χ3n) is 4.41. The molecule has 0 aromatic heterocycles. The second kappa shape index (κ2) is 10.9. The van der Waals surface area contributed by atoms with E-state index in [1.165, 1.54) is 12.8 Å². The summed E-state index contributed by atoms with van der Waals surface area (Å²) in [6.07, 6.45) is 9.70. The second-order valence-corrected chi connectivity index (χ2v) is 6.19. The number of rotatable bonds is 5. The molecule has 1 saturated heterocycles. The number of aliphatic imine (C=N–C) groups is 1. The van der Waals surface area contributed by atoms with Gasteiger partial charge in [-0.15, -0.1) is 24.0 Å². The molecular weight excluding hydrogens is 403 g/mol. The van der Waals surface area contributed by atoms with Gasteiger partial charge in [0.1, 0.15) is 0 Å². The lowest BCUT2D eigenvalue weighted by Crippen LogP contribution is -2.45. The Morgan fingerprint density at radius 2 is 2.13 bits per heavy atom. The molecule has 0 saturated carbocycles. The van der Waals surface area contributed by atoms with Crippen LogP contribution in [0.25, 0.3) is 0 Å². The van der Waals surface area contributed by atoms with Crippen molar-refractivity contribution in [2.75, 3.05) is 26.2 Å². The van der Waals surface area contributed by atoms with Crippen LogP contribution in [-0.4, -0.2) is 49.0 Å². The fourth-order valence-electron chi connectivity index (χ4n) is 3.08. The highest BCUT2D eigenvalue weighted by Crippen LogP contribution is 2.18. The Hall–Kier alpha value is -0.790. The summed E-state index contributed by atoms with van der Waals surface area (Å²) in [7, 11) is 0. The molecule has 2 rings (SSSR count). The maximum absolute atomic E-state index is 11.7. The van der Waals surface area contributed by atoms with Crippen LogP contribution >= 0.6 is 24.0 Å². The third kappa shape index (κ3) is 6.69. The highest BCUT2D eigenvalue weighted by molar-refractivity contribution is 14.0. The van der Waals surface area contributed by atoms with Gasteiger partial charge in [-0.25, -0.2) is 0 Å². The van der Waals surface area contributed by atoms with Crippen LogP contribution in [0.2, 0.25) is 0 Å². The van der Waals surface area contributed by atoms with E-state index in [-0.39, 0.29) is 29.9 Å². The quantitative estimate of drug-likeness (QED) is 0.303. The molecule has 0 spiro atoms. The van der Waals surface area contributed by atoms with Crippen LogP contribution in [0.4, 0.5) is 0 Å². The zero-order chi connectivity index (χ0) is 15.8. The number of allylic oxidation sites excluding steroid dienone is 2. The highest BCUT2D eigenvalue weighted by Gasteiger charge is 2.25. The number of nitrogens with zero attached hydrogens (tertiary/aromatic N) is 2. The largest absolute Gasteiger partial charge is 0.357 e. The number of carbonyl (C=O) groups excluding carboxylic acids is 1. The first-order valence-corrected chi connectivity index (χ1v) is 8.70. The van der Waals surface area contributed by atoms with Crippen molar-refractivity contribution >= 4 is 35.8 Å². The van der Waals surface area contributed by atoms with Gasteiger partial charge in [-0.1, -0.05) is 19.1 Å². The van der Waals surface area contributed by atoms with E-state index in [0.717, 1.165) is 45.0 Å².